The molecule has 12 rings (SSSR count). The van der Waals surface area contributed by atoms with Crippen molar-refractivity contribution >= 4 is 94.9 Å². The van der Waals surface area contributed by atoms with Crippen LogP contribution in [0.4, 0.5) is 17.1 Å². The minimum Gasteiger partial charge on any atom is -0.468 e. The molecule has 0 aliphatic carbocycles. The molecule has 0 spiro atoms. The van der Waals surface area contributed by atoms with Gasteiger partial charge in [0.2, 0.25) is 0 Å². The first-order valence-electron chi connectivity index (χ1n) is 16.9. The Balaban J connectivity index is 1.33. The van der Waals surface area contributed by atoms with Crippen LogP contribution in [0.3, 0.4) is 0 Å². The van der Waals surface area contributed by atoms with Gasteiger partial charge in [0, 0.05) is 49.7 Å². The number of hydrogen-bond donors (Lipinski definition) is 0. The van der Waals surface area contributed by atoms with Crippen LogP contribution in [-0.2, 0) is 0 Å². The van der Waals surface area contributed by atoms with Gasteiger partial charge in [-0.15, -0.1) is 0 Å². The quantitative estimate of drug-likeness (QED) is 0.180. The molecule has 3 aromatic heterocycles. The Labute approximate surface area is 281 Å². The molecular formula is C44H26BN3O. The molecule has 0 N–H and O–H groups in total. The predicted octanol–water partition coefficient (Wildman–Crippen LogP) is 9.24. The summed E-state index contributed by atoms with van der Waals surface area (Å²) in [5, 5.41) is 6.17. The maximum Gasteiger partial charge on any atom is 0.297 e. The standard InChI is InChI=1S/C44H26BN3O/c1-3-14-27(15-4-1)46-34-21-10-7-18-29(34)32-26-33-43-39(41(32)46)30-19-8-11-22-35(30)48(43)37-24-13-23-36-40(37)45(33)44-42(31-20-9-12-25-38(31)49-44)47(36)28-16-5-2-6-17-28/h1-26H. The second-order valence-corrected chi connectivity index (χ2v) is 13.3. The lowest BCUT2D eigenvalue weighted by molar-refractivity contribution is 0.651. The molecule has 49 heavy (non-hydrogen) atoms. The molecule has 0 bridgehead atoms. The van der Waals surface area contributed by atoms with Crippen LogP contribution in [0.2, 0.25) is 0 Å². The molecular weight excluding hydrogens is 597 g/mol. The first-order chi connectivity index (χ1) is 24.4. The highest BCUT2D eigenvalue weighted by molar-refractivity contribution is 7.00. The molecule has 5 heterocycles. The molecule has 2 aliphatic heterocycles. The van der Waals surface area contributed by atoms with E-state index in [2.05, 4.69) is 172 Å². The minimum absolute atomic E-state index is 0.0869. The Bertz CT molecular complexity index is 3010. The van der Waals surface area contributed by atoms with Crippen molar-refractivity contribution in [1.29, 1.82) is 0 Å². The molecule has 5 heteroatoms. The first-order valence-corrected chi connectivity index (χ1v) is 16.9. The van der Waals surface area contributed by atoms with E-state index in [0.717, 1.165) is 33.7 Å². The number of rotatable bonds is 2. The van der Waals surface area contributed by atoms with Crippen molar-refractivity contribution in [3.8, 4) is 11.4 Å². The van der Waals surface area contributed by atoms with Crippen molar-refractivity contribution in [3.63, 3.8) is 0 Å². The summed E-state index contributed by atoms with van der Waals surface area (Å²) in [6.07, 6.45) is 0. The van der Waals surface area contributed by atoms with E-state index in [1.807, 2.05) is 0 Å². The number of furan rings is 1. The highest BCUT2D eigenvalue weighted by Crippen LogP contribution is 2.46. The summed E-state index contributed by atoms with van der Waals surface area (Å²) in [5.74, 6) is 0. The summed E-state index contributed by atoms with van der Waals surface area (Å²) < 4.78 is 12.0. The molecule has 2 aliphatic rings. The van der Waals surface area contributed by atoms with Gasteiger partial charge in [-0.2, -0.15) is 0 Å². The van der Waals surface area contributed by atoms with Gasteiger partial charge >= 0.3 is 0 Å². The average molecular weight is 624 g/mol. The molecule has 0 amide bonds. The fraction of sp³-hybridized carbons (Fsp3) is 0. The van der Waals surface area contributed by atoms with Crippen molar-refractivity contribution in [2.75, 3.05) is 4.90 Å². The van der Waals surface area contributed by atoms with Gasteiger partial charge < -0.3 is 18.5 Å². The smallest absolute Gasteiger partial charge is 0.297 e. The van der Waals surface area contributed by atoms with Gasteiger partial charge in [-0.25, -0.2) is 0 Å². The number of nitrogens with zero attached hydrogens (tertiary/aromatic N) is 3. The van der Waals surface area contributed by atoms with Crippen molar-refractivity contribution < 1.29 is 4.42 Å². The first kappa shape index (κ1) is 25.6. The molecule has 10 aromatic rings. The maximum absolute atomic E-state index is 7.03. The molecule has 0 unspecified atom stereocenters. The summed E-state index contributed by atoms with van der Waals surface area (Å²) >= 11 is 0. The van der Waals surface area contributed by atoms with Gasteiger partial charge in [0.15, 0.2) is 0 Å². The third-order valence-corrected chi connectivity index (χ3v) is 10.9. The van der Waals surface area contributed by atoms with E-state index in [1.165, 1.54) is 65.9 Å². The van der Waals surface area contributed by atoms with Crippen LogP contribution in [0.15, 0.2) is 162 Å². The zero-order valence-electron chi connectivity index (χ0n) is 26.3. The van der Waals surface area contributed by atoms with E-state index in [4.69, 9.17) is 4.42 Å². The average Bonchev–Trinajstić information content (AvgIpc) is 3.82. The molecule has 0 fully saturated rings. The monoisotopic (exact) mass is 623 g/mol. The molecule has 226 valence electrons. The van der Waals surface area contributed by atoms with Crippen LogP contribution in [-0.4, -0.2) is 15.8 Å². The summed E-state index contributed by atoms with van der Waals surface area (Å²) in [7, 11) is 0. The number of para-hydroxylation sites is 5. The fourth-order valence-electron chi connectivity index (χ4n) is 9.05. The zero-order valence-corrected chi connectivity index (χ0v) is 26.3. The third kappa shape index (κ3) is 3.11. The number of anilines is 3. The number of hydrogen-bond acceptors (Lipinski definition) is 2. The normalized spacial score (nSPS) is 13.2. The Morgan fingerprint density at radius 3 is 1.90 bits per heavy atom. The summed E-state index contributed by atoms with van der Waals surface area (Å²) in [6.45, 7) is -0.0869. The Morgan fingerprint density at radius 2 is 1.10 bits per heavy atom. The third-order valence-electron chi connectivity index (χ3n) is 10.9. The topological polar surface area (TPSA) is 26.2 Å². The minimum atomic E-state index is -0.0869. The number of fused-ring (bicyclic) bond motifs is 13. The van der Waals surface area contributed by atoms with E-state index < -0.39 is 0 Å². The largest absolute Gasteiger partial charge is 0.468 e. The fourth-order valence-corrected chi connectivity index (χ4v) is 9.05. The van der Waals surface area contributed by atoms with Gasteiger partial charge in [-0.3, -0.25) is 0 Å². The van der Waals surface area contributed by atoms with Crippen molar-refractivity contribution in [2.24, 2.45) is 0 Å². The number of aromatic nitrogens is 2. The molecule has 7 aromatic carbocycles. The van der Waals surface area contributed by atoms with Gasteiger partial charge in [0.05, 0.1) is 33.4 Å². The van der Waals surface area contributed by atoms with E-state index in [-0.39, 0.29) is 6.71 Å². The summed E-state index contributed by atoms with van der Waals surface area (Å²) in [5.41, 5.74) is 15.2. The second kappa shape index (κ2) is 9.12. The van der Waals surface area contributed by atoms with Crippen LogP contribution in [0.1, 0.15) is 0 Å². The van der Waals surface area contributed by atoms with Gasteiger partial charge in [0.25, 0.3) is 6.71 Å². The lowest BCUT2D eigenvalue weighted by atomic mass is 9.36. The van der Waals surface area contributed by atoms with E-state index in [9.17, 15) is 0 Å². The van der Waals surface area contributed by atoms with E-state index >= 15 is 0 Å². The highest BCUT2D eigenvalue weighted by atomic mass is 16.3. The molecule has 4 nitrogen and oxygen atoms in total. The summed E-state index contributed by atoms with van der Waals surface area (Å²) in [4.78, 5) is 2.42. The Hall–Kier alpha value is -6.46. The number of benzene rings is 7. The molecule has 0 saturated carbocycles. The van der Waals surface area contributed by atoms with Crippen molar-refractivity contribution in [2.45, 2.75) is 0 Å². The van der Waals surface area contributed by atoms with Crippen LogP contribution in [0, 0.1) is 0 Å². The van der Waals surface area contributed by atoms with Crippen molar-refractivity contribution in [1.82, 2.24) is 9.13 Å². The zero-order chi connectivity index (χ0) is 31.8. The van der Waals surface area contributed by atoms with Gasteiger partial charge in [-0.1, -0.05) is 97.1 Å². The van der Waals surface area contributed by atoms with Gasteiger partial charge in [-0.05, 0) is 71.6 Å². The van der Waals surface area contributed by atoms with Crippen LogP contribution in [0.25, 0.3) is 66.0 Å². The Kier molecular flexibility index (Phi) is 4.77. The lowest BCUT2D eigenvalue weighted by Gasteiger charge is -2.38. The van der Waals surface area contributed by atoms with Crippen LogP contribution >= 0.6 is 0 Å². The SMILES string of the molecule is c1ccc(N2c3cccc4c3B(c3oc5ccccc5c32)c2cc3c5ccccc5n(-c5ccccc5)c3c3c5ccccc5n-4c23)cc1. The van der Waals surface area contributed by atoms with E-state index in [1.54, 1.807) is 0 Å². The van der Waals surface area contributed by atoms with Crippen molar-refractivity contribution in [3.05, 3.63) is 158 Å². The van der Waals surface area contributed by atoms with Gasteiger partial charge in [0.1, 0.15) is 5.58 Å². The maximum atomic E-state index is 7.03. The lowest BCUT2D eigenvalue weighted by Crippen LogP contribution is -2.60. The van der Waals surface area contributed by atoms with Crippen LogP contribution < -0.4 is 21.5 Å². The second-order valence-electron chi connectivity index (χ2n) is 13.3. The predicted molar refractivity (Wildman–Crippen MR) is 204 cm³/mol. The highest BCUT2D eigenvalue weighted by Gasteiger charge is 2.46. The van der Waals surface area contributed by atoms with Crippen LogP contribution in [0.5, 0.6) is 0 Å². The molecule has 0 atom stereocenters. The Morgan fingerprint density at radius 1 is 0.469 bits per heavy atom. The van der Waals surface area contributed by atoms with E-state index in [0.29, 0.717) is 0 Å². The molecule has 0 saturated heterocycles. The summed E-state index contributed by atoms with van der Waals surface area (Å²) in [6, 6.07) is 57.1. The molecule has 0 radical (unpaired) electrons.